The van der Waals surface area contributed by atoms with Gasteiger partial charge in [-0.2, -0.15) is 9.97 Å². The number of nitrogens with one attached hydrogen (secondary N) is 2. The second kappa shape index (κ2) is 7.41. The maximum Gasteiger partial charge on any atom is 0.231 e. The third-order valence-corrected chi connectivity index (χ3v) is 4.19. The van der Waals surface area contributed by atoms with Crippen molar-refractivity contribution >= 4 is 28.6 Å². The molecule has 27 heavy (non-hydrogen) atoms. The highest BCUT2D eigenvalue weighted by Gasteiger charge is 2.15. The summed E-state index contributed by atoms with van der Waals surface area (Å²) in [6.07, 6.45) is 5.41. The van der Waals surface area contributed by atoms with E-state index in [1.54, 1.807) is 6.20 Å². The second-order valence-corrected chi connectivity index (χ2v) is 6.52. The highest BCUT2D eigenvalue weighted by molar-refractivity contribution is 5.84. The van der Waals surface area contributed by atoms with Crippen molar-refractivity contribution in [3.8, 4) is 0 Å². The van der Waals surface area contributed by atoms with Gasteiger partial charge in [0.1, 0.15) is 0 Å². The molecule has 0 aliphatic rings. The fraction of sp³-hybridized carbons (Fsp3) is 0.200. The molecule has 7 nitrogen and oxygen atoms in total. The molecule has 0 fully saturated rings. The molecule has 4 aromatic rings. The van der Waals surface area contributed by atoms with Crippen molar-refractivity contribution in [1.29, 1.82) is 0 Å². The van der Waals surface area contributed by atoms with Gasteiger partial charge in [0, 0.05) is 30.7 Å². The first kappa shape index (κ1) is 17.0. The van der Waals surface area contributed by atoms with Gasteiger partial charge in [-0.1, -0.05) is 24.3 Å². The molecule has 0 aliphatic carbocycles. The summed E-state index contributed by atoms with van der Waals surface area (Å²) in [5.41, 5.74) is 3.56. The molecular weight excluding hydrogens is 338 g/mol. The van der Waals surface area contributed by atoms with E-state index in [0.29, 0.717) is 18.3 Å². The van der Waals surface area contributed by atoms with Crippen LogP contribution in [0.5, 0.6) is 0 Å². The summed E-state index contributed by atoms with van der Waals surface area (Å²) in [6.45, 7) is 4.83. The number of rotatable bonds is 6. The Morgan fingerprint density at radius 3 is 2.63 bits per heavy atom. The van der Waals surface area contributed by atoms with Crippen molar-refractivity contribution in [2.45, 2.75) is 26.4 Å². The molecule has 7 heteroatoms. The maximum atomic E-state index is 4.69. The van der Waals surface area contributed by atoms with Crippen LogP contribution in [0.2, 0.25) is 0 Å². The van der Waals surface area contributed by atoms with Crippen molar-refractivity contribution in [2.75, 3.05) is 10.6 Å². The normalized spacial score (nSPS) is 11.1. The van der Waals surface area contributed by atoms with E-state index in [-0.39, 0.29) is 6.04 Å². The van der Waals surface area contributed by atoms with E-state index < -0.39 is 0 Å². The number of nitrogens with zero attached hydrogens (tertiary/aromatic N) is 5. The highest BCUT2D eigenvalue weighted by atomic mass is 15.2. The summed E-state index contributed by atoms with van der Waals surface area (Å²) in [7, 11) is 0. The third-order valence-electron chi connectivity index (χ3n) is 4.19. The van der Waals surface area contributed by atoms with E-state index >= 15 is 0 Å². The van der Waals surface area contributed by atoms with Gasteiger partial charge < -0.3 is 15.2 Å². The van der Waals surface area contributed by atoms with Crippen molar-refractivity contribution in [1.82, 2.24) is 24.5 Å². The van der Waals surface area contributed by atoms with Gasteiger partial charge in [0.05, 0.1) is 6.33 Å². The average Bonchev–Trinajstić information content (AvgIpc) is 3.12. The number of aromatic nitrogens is 5. The van der Waals surface area contributed by atoms with Crippen LogP contribution in [0.15, 0.2) is 61.2 Å². The van der Waals surface area contributed by atoms with Crippen LogP contribution in [0.25, 0.3) is 11.2 Å². The van der Waals surface area contributed by atoms with Crippen LogP contribution >= 0.6 is 0 Å². The van der Waals surface area contributed by atoms with Gasteiger partial charge in [-0.15, -0.1) is 0 Å². The predicted octanol–water partition coefficient (Wildman–Crippen LogP) is 4.16. The number of para-hydroxylation sites is 1. The molecule has 0 spiro atoms. The zero-order chi connectivity index (χ0) is 18.6. The molecule has 0 atom stereocenters. The fourth-order valence-electron chi connectivity index (χ4n) is 2.81. The van der Waals surface area contributed by atoms with Gasteiger partial charge in [-0.05, 0) is 37.6 Å². The molecule has 0 amide bonds. The van der Waals surface area contributed by atoms with Crippen molar-refractivity contribution in [2.24, 2.45) is 0 Å². The molecule has 0 unspecified atom stereocenters. The summed E-state index contributed by atoms with van der Waals surface area (Å²) < 4.78 is 2.04. The smallest absolute Gasteiger partial charge is 0.231 e. The van der Waals surface area contributed by atoms with Crippen molar-refractivity contribution in [3.05, 3.63) is 66.7 Å². The standard InChI is InChI=1S/C20H21N7/c1-14(2)27-13-23-17-18(22-12-15-7-6-10-21-11-15)25-20(26-19(17)27)24-16-8-4-3-5-9-16/h3-11,13-14H,12H2,1-2H3,(H2,22,24,25,26). The van der Waals surface area contributed by atoms with Crippen LogP contribution in [0.4, 0.5) is 17.5 Å². The second-order valence-electron chi connectivity index (χ2n) is 6.52. The van der Waals surface area contributed by atoms with Crippen molar-refractivity contribution < 1.29 is 0 Å². The Morgan fingerprint density at radius 1 is 1.04 bits per heavy atom. The quantitative estimate of drug-likeness (QED) is 0.538. The molecule has 0 saturated carbocycles. The Hall–Kier alpha value is -3.48. The summed E-state index contributed by atoms with van der Waals surface area (Å²) >= 11 is 0. The summed E-state index contributed by atoms with van der Waals surface area (Å²) in [5.74, 6) is 1.23. The van der Waals surface area contributed by atoms with E-state index in [9.17, 15) is 0 Å². The van der Waals surface area contributed by atoms with Crippen LogP contribution in [0.1, 0.15) is 25.5 Å². The summed E-state index contributed by atoms with van der Waals surface area (Å²) in [5, 5.41) is 6.65. The van der Waals surface area contributed by atoms with Gasteiger partial charge in [0.25, 0.3) is 0 Å². The number of fused-ring (bicyclic) bond motifs is 1. The monoisotopic (exact) mass is 359 g/mol. The minimum atomic E-state index is 0.251. The minimum Gasteiger partial charge on any atom is -0.364 e. The van der Waals surface area contributed by atoms with E-state index in [4.69, 9.17) is 4.98 Å². The van der Waals surface area contributed by atoms with Gasteiger partial charge in [-0.25, -0.2) is 4.98 Å². The van der Waals surface area contributed by atoms with Crippen LogP contribution in [0, 0.1) is 0 Å². The number of anilines is 3. The van der Waals surface area contributed by atoms with Gasteiger partial charge in [0.15, 0.2) is 17.0 Å². The predicted molar refractivity (Wildman–Crippen MR) is 107 cm³/mol. The first-order valence-corrected chi connectivity index (χ1v) is 8.90. The Bertz CT molecular complexity index is 1030. The lowest BCUT2D eigenvalue weighted by molar-refractivity contribution is 0.613. The number of pyridine rings is 1. The van der Waals surface area contributed by atoms with Gasteiger partial charge in [0.2, 0.25) is 5.95 Å². The Balaban J connectivity index is 1.71. The summed E-state index contributed by atoms with van der Waals surface area (Å²) in [6, 6.07) is 14.1. The first-order chi connectivity index (χ1) is 13.2. The number of benzene rings is 1. The maximum absolute atomic E-state index is 4.69. The highest BCUT2D eigenvalue weighted by Crippen LogP contribution is 2.25. The van der Waals surface area contributed by atoms with Crippen LogP contribution < -0.4 is 10.6 Å². The van der Waals surface area contributed by atoms with E-state index in [0.717, 1.165) is 22.4 Å². The lowest BCUT2D eigenvalue weighted by atomic mass is 10.3. The molecular formula is C20H21N7. The Labute approximate surface area is 157 Å². The van der Waals surface area contributed by atoms with E-state index in [1.165, 1.54) is 0 Å². The van der Waals surface area contributed by atoms with E-state index in [1.807, 2.05) is 59.6 Å². The summed E-state index contributed by atoms with van der Waals surface area (Å²) in [4.78, 5) is 18.0. The third kappa shape index (κ3) is 3.72. The molecule has 0 saturated heterocycles. The van der Waals surface area contributed by atoms with Crippen LogP contribution in [0.3, 0.4) is 0 Å². The Morgan fingerprint density at radius 2 is 1.89 bits per heavy atom. The van der Waals surface area contributed by atoms with Crippen LogP contribution in [-0.2, 0) is 6.54 Å². The molecule has 3 heterocycles. The lowest BCUT2D eigenvalue weighted by Gasteiger charge is -2.12. The molecule has 136 valence electrons. The van der Waals surface area contributed by atoms with Crippen molar-refractivity contribution in [3.63, 3.8) is 0 Å². The molecule has 4 rings (SSSR count). The Kier molecular flexibility index (Phi) is 4.65. The SMILES string of the molecule is CC(C)n1cnc2c(NCc3cccnc3)nc(Nc3ccccc3)nc21. The topological polar surface area (TPSA) is 80.5 Å². The number of hydrogen-bond donors (Lipinski definition) is 2. The molecule has 0 bridgehead atoms. The largest absolute Gasteiger partial charge is 0.364 e. The number of imidazole rings is 1. The average molecular weight is 359 g/mol. The molecule has 0 radical (unpaired) electrons. The molecule has 2 N–H and O–H groups in total. The molecule has 1 aromatic carbocycles. The van der Waals surface area contributed by atoms with Crippen LogP contribution in [-0.4, -0.2) is 24.5 Å². The molecule has 3 aromatic heterocycles. The zero-order valence-electron chi connectivity index (χ0n) is 15.3. The van der Waals surface area contributed by atoms with Gasteiger partial charge in [-0.3, -0.25) is 4.98 Å². The first-order valence-electron chi connectivity index (χ1n) is 8.90. The fourth-order valence-corrected chi connectivity index (χ4v) is 2.81. The van der Waals surface area contributed by atoms with E-state index in [2.05, 4.69) is 39.4 Å². The minimum absolute atomic E-state index is 0.251. The molecule has 0 aliphatic heterocycles. The zero-order valence-corrected chi connectivity index (χ0v) is 15.3. The number of hydrogen-bond acceptors (Lipinski definition) is 6. The lowest BCUT2D eigenvalue weighted by Crippen LogP contribution is -2.07. The van der Waals surface area contributed by atoms with Gasteiger partial charge >= 0.3 is 0 Å².